The fourth-order valence-corrected chi connectivity index (χ4v) is 3.52. The van der Waals surface area contributed by atoms with E-state index in [4.69, 9.17) is 14.2 Å². The number of nitrogens with zero attached hydrogens (tertiary/aromatic N) is 1. The normalized spacial score (nSPS) is 11.6. The fraction of sp³-hybridized carbons (Fsp3) is 0.241. The molecule has 0 aromatic heterocycles. The van der Waals surface area contributed by atoms with Crippen molar-refractivity contribution in [1.29, 1.82) is 0 Å². The first kappa shape index (κ1) is 29.6. The number of rotatable bonds is 12. The van der Waals surface area contributed by atoms with E-state index < -0.39 is 29.6 Å². The van der Waals surface area contributed by atoms with Crippen LogP contribution in [0.15, 0.2) is 71.8 Å². The van der Waals surface area contributed by atoms with Crippen LogP contribution in [0.3, 0.4) is 0 Å². The number of hydrogen-bond donors (Lipinski definition) is 3. The van der Waals surface area contributed by atoms with E-state index >= 15 is 0 Å². The highest BCUT2D eigenvalue weighted by atomic mass is 19.1. The zero-order valence-corrected chi connectivity index (χ0v) is 22.6. The van der Waals surface area contributed by atoms with Gasteiger partial charge in [0.25, 0.3) is 17.7 Å². The van der Waals surface area contributed by atoms with Gasteiger partial charge in [0.2, 0.25) is 0 Å². The van der Waals surface area contributed by atoms with Gasteiger partial charge in [-0.15, -0.1) is 0 Å². The minimum absolute atomic E-state index is 0.0525. The van der Waals surface area contributed by atoms with Gasteiger partial charge in [0.15, 0.2) is 18.1 Å². The summed E-state index contributed by atoms with van der Waals surface area (Å²) < 4.78 is 29.7. The summed E-state index contributed by atoms with van der Waals surface area (Å²) in [5.41, 5.74) is 3.46. The maximum Gasteiger partial charge on any atom is 0.262 e. The van der Waals surface area contributed by atoms with Crippen LogP contribution in [0.2, 0.25) is 0 Å². The molecule has 3 aromatic rings. The molecule has 0 spiro atoms. The second-order valence-electron chi connectivity index (χ2n) is 8.88. The molecular weight excluding hydrogens is 519 g/mol. The van der Waals surface area contributed by atoms with Crippen LogP contribution in [0, 0.1) is 11.7 Å². The number of halogens is 1. The largest absolute Gasteiger partial charge is 0.497 e. The molecule has 0 radical (unpaired) electrons. The van der Waals surface area contributed by atoms with E-state index in [2.05, 4.69) is 21.2 Å². The van der Waals surface area contributed by atoms with E-state index in [9.17, 15) is 18.8 Å². The Kier molecular flexibility index (Phi) is 10.6. The maximum atomic E-state index is 13.7. The first-order valence-electron chi connectivity index (χ1n) is 12.3. The molecule has 3 rings (SSSR count). The lowest BCUT2D eigenvalue weighted by Crippen LogP contribution is -2.48. The monoisotopic (exact) mass is 550 g/mol. The van der Waals surface area contributed by atoms with Crippen molar-refractivity contribution in [3.05, 3.63) is 83.7 Å². The quantitative estimate of drug-likeness (QED) is 0.233. The molecule has 0 saturated heterocycles. The summed E-state index contributed by atoms with van der Waals surface area (Å²) >= 11 is 0. The van der Waals surface area contributed by atoms with Crippen LogP contribution in [0.4, 0.5) is 10.1 Å². The smallest absolute Gasteiger partial charge is 0.262 e. The number of carbonyl (C=O) groups is 3. The number of hydrazone groups is 1. The van der Waals surface area contributed by atoms with Crippen LogP contribution >= 0.6 is 0 Å². The van der Waals surface area contributed by atoms with Crippen molar-refractivity contribution in [2.24, 2.45) is 11.0 Å². The Labute approximate surface area is 231 Å². The Morgan fingerprint density at radius 2 is 1.68 bits per heavy atom. The number of para-hydroxylation sites is 1. The zero-order valence-electron chi connectivity index (χ0n) is 22.6. The molecule has 0 heterocycles. The summed E-state index contributed by atoms with van der Waals surface area (Å²) in [6, 6.07) is 16.3. The molecule has 10 nitrogen and oxygen atoms in total. The lowest BCUT2D eigenvalue weighted by atomic mass is 10.0. The highest BCUT2D eigenvalue weighted by Gasteiger charge is 2.24. The molecule has 3 N–H and O–H groups in total. The Morgan fingerprint density at radius 3 is 2.33 bits per heavy atom. The third-order valence-corrected chi connectivity index (χ3v) is 5.67. The third-order valence-electron chi connectivity index (χ3n) is 5.67. The maximum absolute atomic E-state index is 13.7. The number of benzene rings is 3. The molecule has 3 aromatic carbocycles. The molecule has 0 bridgehead atoms. The second kappa shape index (κ2) is 14.3. The number of anilines is 1. The van der Waals surface area contributed by atoms with E-state index in [1.54, 1.807) is 48.5 Å². The summed E-state index contributed by atoms with van der Waals surface area (Å²) in [6.07, 6.45) is 1.40. The summed E-state index contributed by atoms with van der Waals surface area (Å²) in [7, 11) is 2.97. The minimum Gasteiger partial charge on any atom is -0.497 e. The molecule has 0 aliphatic rings. The molecule has 1 unspecified atom stereocenters. The van der Waals surface area contributed by atoms with Crippen molar-refractivity contribution in [1.82, 2.24) is 10.7 Å². The average molecular weight is 551 g/mol. The van der Waals surface area contributed by atoms with E-state index in [0.29, 0.717) is 22.6 Å². The highest BCUT2D eigenvalue weighted by molar-refractivity contribution is 5.98. The first-order valence-corrected chi connectivity index (χ1v) is 12.3. The lowest BCUT2D eigenvalue weighted by molar-refractivity contribution is -0.124. The third kappa shape index (κ3) is 8.29. The van der Waals surface area contributed by atoms with Crippen LogP contribution in [0.1, 0.15) is 29.8 Å². The van der Waals surface area contributed by atoms with E-state index in [-0.39, 0.29) is 24.0 Å². The standard InChI is InChI=1S/C29H31FN4O6/c1-18(2)27(33-28(36)20-10-12-21(38-3)13-11-20)29(37)34-31-16-19-9-14-24(25(15-19)39-4)40-17-26(35)32-23-8-6-5-7-22(23)30/h5-16,18,27H,17H2,1-4H3,(H,32,35)(H,33,36)(H,34,37). The summed E-state index contributed by atoms with van der Waals surface area (Å²) in [4.78, 5) is 37.5. The molecule has 0 saturated carbocycles. The van der Waals surface area contributed by atoms with E-state index in [1.165, 1.54) is 38.6 Å². The summed E-state index contributed by atoms with van der Waals surface area (Å²) in [5, 5.41) is 9.16. The van der Waals surface area contributed by atoms with Gasteiger partial charge < -0.3 is 24.8 Å². The number of methoxy groups -OCH3 is 2. The van der Waals surface area contributed by atoms with Crippen LogP contribution in [0.25, 0.3) is 0 Å². The minimum atomic E-state index is -0.826. The number of amides is 3. The Hall–Kier alpha value is -4.93. The Morgan fingerprint density at radius 1 is 0.950 bits per heavy atom. The number of ether oxygens (including phenoxy) is 3. The van der Waals surface area contributed by atoms with E-state index in [0.717, 1.165) is 0 Å². The second-order valence-corrected chi connectivity index (χ2v) is 8.88. The van der Waals surface area contributed by atoms with Gasteiger partial charge in [-0.25, -0.2) is 9.82 Å². The van der Waals surface area contributed by atoms with Crippen LogP contribution in [-0.2, 0) is 9.59 Å². The molecule has 11 heteroatoms. The van der Waals surface area contributed by atoms with Crippen LogP contribution in [-0.4, -0.2) is 50.8 Å². The van der Waals surface area contributed by atoms with Gasteiger partial charge in [0, 0.05) is 5.56 Å². The van der Waals surface area contributed by atoms with Crippen molar-refractivity contribution in [2.75, 3.05) is 26.1 Å². The van der Waals surface area contributed by atoms with Gasteiger partial charge >= 0.3 is 0 Å². The van der Waals surface area contributed by atoms with Crippen molar-refractivity contribution >= 4 is 29.6 Å². The number of carbonyl (C=O) groups excluding carboxylic acids is 3. The van der Waals surface area contributed by atoms with Gasteiger partial charge in [-0.1, -0.05) is 26.0 Å². The predicted molar refractivity (Wildman–Crippen MR) is 148 cm³/mol. The number of nitrogens with one attached hydrogen (secondary N) is 3. The molecule has 0 aliphatic carbocycles. The van der Waals surface area contributed by atoms with Crippen LogP contribution < -0.4 is 30.3 Å². The Bertz CT molecular complexity index is 1360. The van der Waals surface area contributed by atoms with E-state index in [1.807, 2.05) is 13.8 Å². The van der Waals surface area contributed by atoms with Crippen molar-refractivity contribution in [2.45, 2.75) is 19.9 Å². The van der Waals surface area contributed by atoms with Gasteiger partial charge in [0.1, 0.15) is 17.6 Å². The van der Waals surface area contributed by atoms with Crippen molar-refractivity contribution in [3.8, 4) is 17.2 Å². The first-order chi connectivity index (χ1) is 19.2. The van der Waals surface area contributed by atoms with Gasteiger partial charge in [-0.2, -0.15) is 5.10 Å². The number of hydrogen-bond acceptors (Lipinski definition) is 7. The molecule has 40 heavy (non-hydrogen) atoms. The molecule has 0 fully saturated rings. The highest BCUT2D eigenvalue weighted by Crippen LogP contribution is 2.27. The topological polar surface area (TPSA) is 127 Å². The lowest BCUT2D eigenvalue weighted by Gasteiger charge is -2.20. The molecule has 3 amide bonds. The average Bonchev–Trinajstić information content (AvgIpc) is 2.95. The predicted octanol–water partition coefficient (Wildman–Crippen LogP) is 3.77. The molecule has 0 aliphatic heterocycles. The zero-order chi connectivity index (χ0) is 29.1. The molecule has 1 atom stereocenters. The van der Waals surface area contributed by atoms with Gasteiger partial charge in [-0.05, 0) is 66.1 Å². The molecular formula is C29H31FN4O6. The van der Waals surface area contributed by atoms with Crippen LogP contribution in [0.5, 0.6) is 17.2 Å². The summed E-state index contributed by atoms with van der Waals surface area (Å²) in [6.45, 7) is 3.25. The van der Waals surface area contributed by atoms with Gasteiger partial charge in [-0.3, -0.25) is 14.4 Å². The van der Waals surface area contributed by atoms with Gasteiger partial charge in [0.05, 0.1) is 26.1 Å². The SMILES string of the molecule is COc1ccc(C(=O)NC(C(=O)NN=Cc2ccc(OCC(=O)Nc3ccccc3F)c(OC)c2)C(C)C)cc1. The van der Waals surface area contributed by atoms with Crippen molar-refractivity contribution < 1.29 is 33.0 Å². The fourth-order valence-electron chi connectivity index (χ4n) is 3.52. The Balaban J connectivity index is 1.57. The molecule has 210 valence electrons. The van der Waals surface area contributed by atoms with Crippen molar-refractivity contribution in [3.63, 3.8) is 0 Å². The summed E-state index contributed by atoms with van der Waals surface area (Å²) in [5.74, 6) is -0.962.